The van der Waals surface area contributed by atoms with Crippen molar-refractivity contribution in [1.29, 1.82) is 0 Å². The van der Waals surface area contributed by atoms with Crippen LogP contribution in [0.4, 0.5) is 0 Å². The maximum atomic E-state index is 10.6. The van der Waals surface area contributed by atoms with Crippen molar-refractivity contribution >= 4 is 23.0 Å². The highest BCUT2D eigenvalue weighted by molar-refractivity contribution is 7.95. The molecule has 0 saturated carbocycles. The molecule has 0 amide bonds. The van der Waals surface area contributed by atoms with Crippen molar-refractivity contribution in [2.45, 2.75) is 26.2 Å². The summed E-state index contributed by atoms with van der Waals surface area (Å²) in [6.45, 7) is 2.01. The van der Waals surface area contributed by atoms with Crippen LogP contribution in [0, 0.1) is 0 Å². The van der Waals surface area contributed by atoms with Crippen LogP contribution in [0.25, 0.3) is 0 Å². The highest BCUT2D eigenvalue weighted by atomic mass is 32.3. The van der Waals surface area contributed by atoms with E-state index in [2.05, 4.69) is 16.5 Å². The number of hydrogen-bond acceptors (Lipinski definition) is 4. The van der Waals surface area contributed by atoms with Crippen LogP contribution in [0.15, 0.2) is 0 Å². The van der Waals surface area contributed by atoms with Gasteiger partial charge in [-0.05, 0) is 19.3 Å². The van der Waals surface area contributed by atoms with Crippen LogP contribution >= 0.6 is 12.9 Å². The molecule has 0 aliphatic carbocycles. The van der Waals surface area contributed by atoms with E-state index >= 15 is 0 Å². The number of thiol groups is 1. The summed E-state index contributed by atoms with van der Waals surface area (Å²) in [4.78, 5) is 0. The second-order valence-electron chi connectivity index (χ2n) is 2.04. The third-order valence-electron chi connectivity index (χ3n) is 1.11. The molecule has 0 aliphatic rings. The highest BCUT2D eigenvalue weighted by Crippen LogP contribution is 2.02. The lowest BCUT2D eigenvalue weighted by Crippen LogP contribution is -2.04. The molecule has 0 aromatic heterocycles. The fourth-order valence-electron chi connectivity index (χ4n) is 0.566. The minimum Gasteiger partial charge on any atom is -0.201 e. The Hall–Kier alpha value is 0.260. The molecule has 0 atom stereocenters. The maximum absolute atomic E-state index is 10.6. The quantitative estimate of drug-likeness (QED) is 0.398. The van der Waals surface area contributed by atoms with Gasteiger partial charge in [-0.3, -0.25) is 0 Å². The first kappa shape index (κ1) is 10.3. The van der Waals surface area contributed by atoms with Gasteiger partial charge in [-0.15, -0.1) is 0 Å². The first-order valence-electron chi connectivity index (χ1n) is 3.18. The van der Waals surface area contributed by atoms with E-state index in [4.69, 9.17) is 0 Å². The SMILES string of the molecule is CCCCCS(=O)(=O)OS. The Bertz CT molecular complexity index is 162. The Balaban J connectivity index is 3.49. The third-order valence-corrected chi connectivity index (χ3v) is 2.81. The maximum Gasteiger partial charge on any atom is 0.277 e. The largest absolute Gasteiger partial charge is 0.277 e. The van der Waals surface area contributed by atoms with Crippen molar-refractivity contribution in [1.82, 2.24) is 0 Å². The predicted octanol–water partition coefficient (Wildman–Crippen LogP) is 1.37. The molecular weight excluding hydrogens is 172 g/mol. The molecule has 0 bridgehead atoms. The molecule has 10 heavy (non-hydrogen) atoms. The topological polar surface area (TPSA) is 43.4 Å². The molecule has 0 saturated heterocycles. The van der Waals surface area contributed by atoms with E-state index in [0.717, 1.165) is 12.8 Å². The van der Waals surface area contributed by atoms with Crippen LogP contribution in [-0.4, -0.2) is 14.2 Å². The molecule has 0 unspecified atom stereocenters. The minimum absolute atomic E-state index is 0.0737. The van der Waals surface area contributed by atoms with Crippen molar-refractivity contribution in [2.24, 2.45) is 0 Å². The zero-order chi connectivity index (χ0) is 8.04. The Morgan fingerprint density at radius 3 is 2.40 bits per heavy atom. The summed E-state index contributed by atoms with van der Waals surface area (Å²) in [6, 6.07) is 0. The molecular formula is C5H12O3S2. The third kappa shape index (κ3) is 5.08. The Kier molecular flexibility index (Phi) is 5.11. The zero-order valence-electron chi connectivity index (χ0n) is 5.91. The van der Waals surface area contributed by atoms with Gasteiger partial charge in [0, 0.05) is 0 Å². The van der Waals surface area contributed by atoms with Gasteiger partial charge in [-0.1, -0.05) is 19.8 Å². The number of rotatable bonds is 5. The number of unbranched alkanes of at least 4 members (excludes halogenated alkanes) is 2. The van der Waals surface area contributed by atoms with Gasteiger partial charge in [0.15, 0.2) is 0 Å². The van der Waals surface area contributed by atoms with Crippen molar-refractivity contribution in [3.8, 4) is 0 Å². The summed E-state index contributed by atoms with van der Waals surface area (Å²) < 4.78 is 25.1. The Morgan fingerprint density at radius 1 is 1.40 bits per heavy atom. The molecule has 0 spiro atoms. The van der Waals surface area contributed by atoms with E-state index in [1.165, 1.54) is 0 Å². The molecule has 0 aromatic rings. The minimum atomic E-state index is -3.33. The molecule has 62 valence electrons. The van der Waals surface area contributed by atoms with E-state index < -0.39 is 10.1 Å². The van der Waals surface area contributed by atoms with Gasteiger partial charge < -0.3 is 0 Å². The standard InChI is InChI=1S/C5H12O3S2/c1-2-3-4-5-10(6,7)8-9/h9H,2-5H2,1H3. The van der Waals surface area contributed by atoms with Crippen LogP contribution in [0.5, 0.6) is 0 Å². The molecule has 3 nitrogen and oxygen atoms in total. The summed E-state index contributed by atoms with van der Waals surface area (Å²) in [5, 5.41) is 0. The lowest BCUT2D eigenvalue weighted by Gasteiger charge is -1.97. The molecule has 0 aromatic carbocycles. The van der Waals surface area contributed by atoms with Gasteiger partial charge in [-0.2, -0.15) is 8.42 Å². The van der Waals surface area contributed by atoms with Gasteiger partial charge in [0.2, 0.25) is 0 Å². The van der Waals surface area contributed by atoms with E-state index in [-0.39, 0.29) is 5.75 Å². The van der Waals surface area contributed by atoms with Crippen molar-refractivity contribution in [3.63, 3.8) is 0 Å². The van der Waals surface area contributed by atoms with Gasteiger partial charge in [0.25, 0.3) is 10.1 Å². The average Bonchev–Trinajstić information content (AvgIpc) is 1.89. The zero-order valence-corrected chi connectivity index (χ0v) is 7.62. The molecule has 5 heteroatoms. The molecule has 0 aliphatic heterocycles. The molecule has 0 radical (unpaired) electrons. The van der Waals surface area contributed by atoms with E-state index in [1.807, 2.05) is 6.92 Å². The Morgan fingerprint density at radius 2 is 2.00 bits per heavy atom. The monoisotopic (exact) mass is 184 g/mol. The fraction of sp³-hybridized carbons (Fsp3) is 1.00. The van der Waals surface area contributed by atoms with Gasteiger partial charge in [0.1, 0.15) is 0 Å². The average molecular weight is 184 g/mol. The van der Waals surface area contributed by atoms with Crippen molar-refractivity contribution < 1.29 is 12.0 Å². The van der Waals surface area contributed by atoms with E-state index in [1.54, 1.807) is 0 Å². The van der Waals surface area contributed by atoms with Crippen LogP contribution in [-0.2, 0) is 13.7 Å². The molecule has 0 fully saturated rings. The van der Waals surface area contributed by atoms with Crippen molar-refractivity contribution in [2.75, 3.05) is 5.75 Å². The second-order valence-corrected chi connectivity index (χ2v) is 4.16. The van der Waals surface area contributed by atoms with Crippen LogP contribution < -0.4 is 0 Å². The van der Waals surface area contributed by atoms with Crippen LogP contribution in [0.3, 0.4) is 0 Å². The molecule has 0 rings (SSSR count). The molecule has 0 heterocycles. The smallest absolute Gasteiger partial charge is 0.201 e. The van der Waals surface area contributed by atoms with Crippen molar-refractivity contribution in [3.05, 3.63) is 0 Å². The summed E-state index contributed by atoms with van der Waals surface area (Å²) in [5.74, 6) is 0.0737. The van der Waals surface area contributed by atoms with E-state index in [0.29, 0.717) is 6.42 Å². The summed E-state index contributed by atoms with van der Waals surface area (Å²) >= 11 is 3.22. The van der Waals surface area contributed by atoms with Gasteiger partial charge in [-0.25, -0.2) is 3.63 Å². The highest BCUT2D eigenvalue weighted by Gasteiger charge is 2.06. The van der Waals surface area contributed by atoms with Gasteiger partial charge in [0.05, 0.1) is 5.75 Å². The molecule has 0 N–H and O–H groups in total. The lowest BCUT2D eigenvalue weighted by molar-refractivity contribution is 0.517. The Labute approximate surface area is 67.5 Å². The fourth-order valence-corrected chi connectivity index (χ4v) is 1.42. The predicted molar refractivity (Wildman–Crippen MR) is 43.4 cm³/mol. The van der Waals surface area contributed by atoms with E-state index in [9.17, 15) is 8.42 Å². The lowest BCUT2D eigenvalue weighted by atomic mass is 10.3. The van der Waals surface area contributed by atoms with Gasteiger partial charge >= 0.3 is 0 Å². The summed E-state index contributed by atoms with van der Waals surface area (Å²) in [7, 11) is -3.33. The summed E-state index contributed by atoms with van der Waals surface area (Å²) in [6.07, 6.45) is 2.57. The first-order valence-corrected chi connectivity index (χ1v) is 5.12. The second kappa shape index (κ2) is 4.98. The van der Waals surface area contributed by atoms with Crippen LogP contribution in [0.1, 0.15) is 26.2 Å². The normalized spacial score (nSPS) is 11.8. The first-order chi connectivity index (χ1) is 4.62. The number of hydrogen-bond donors (Lipinski definition) is 1. The van der Waals surface area contributed by atoms with Crippen LogP contribution in [0.2, 0.25) is 0 Å². The summed E-state index contributed by atoms with van der Waals surface area (Å²) in [5.41, 5.74) is 0.